The van der Waals surface area contributed by atoms with E-state index in [0.717, 1.165) is 31.5 Å². The number of hydrogen-bond acceptors (Lipinski definition) is 5. The molecule has 2 unspecified atom stereocenters. The fraction of sp³-hybridized carbons (Fsp3) is 0.833. The molecule has 2 rings (SSSR count). The Morgan fingerprint density at radius 1 is 1.44 bits per heavy atom. The largest absolute Gasteiger partial charge is 0.381 e. The minimum Gasteiger partial charge on any atom is -0.381 e. The van der Waals surface area contributed by atoms with Crippen molar-refractivity contribution >= 4 is 0 Å². The van der Waals surface area contributed by atoms with Crippen molar-refractivity contribution in [3.63, 3.8) is 0 Å². The normalized spacial score (nSPS) is 24.3. The molecule has 1 saturated carbocycles. The molecule has 6 heteroatoms. The summed E-state index contributed by atoms with van der Waals surface area (Å²) >= 11 is 0. The third kappa shape index (κ3) is 3.76. The van der Waals surface area contributed by atoms with Crippen LogP contribution in [0.3, 0.4) is 0 Å². The lowest BCUT2D eigenvalue weighted by Crippen LogP contribution is -2.28. The van der Waals surface area contributed by atoms with Crippen LogP contribution < -0.4 is 5.73 Å². The van der Waals surface area contributed by atoms with Crippen LogP contribution in [0.2, 0.25) is 0 Å². The lowest BCUT2D eigenvalue weighted by molar-refractivity contribution is -0.0320. The lowest BCUT2D eigenvalue weighted by atomic mass is 9.95. The third-order valence-electron chi connectivity index (χ3n) is 3.38. The molecule has 0 spiro atoms. The summed E-state index contributed by atoms with van der Waals surface area (Å²) in [7, 11) is 1.77. The second kappa shape index (κ2) is 6.82. The molecule has 0 amide bonds. The molecule has 0 radical (unpaired) electrons. The molecule has 1 aliphatic rings. The van der Waals surface area contributed by atoms with E-state index in [9.17, 15) is 0 Å². The van der Waals surface area contributed by atoms with E-state index in [0.29, 0.717) is 25.4 Å². The zero-order valence-corrected chi connectivity index (χ0v) is 10.9. The van der Waals surface area contributed by atoms with Crippen LogP contribution in [0.1, 0.15) is 31.4 Å². The van der Waals surface area contributed by atoms with Gasteiger partial charge in [-0.15, -0.1) is 5.10 Å². The smallest absolute Gasteiger partial charge is 0.0962 e. The summed E-state index contributed by atoms with van der Waals surface area (Å²) in [5, 5.41) is 7.92. The van der Waals surface area contributed by atoms with E-state index >= 15 is 0 Å². The minimum absolute atomic E-state index is 0.321. The van der Waals surface area contributed by atoms with Gasteiger partial charge in [-0.25, -0.2) is 4.68 Å². The lowest BCUT2D eigenvalue weighted by Gasteiger charge is -2.28. The molecule has 1 aromatic rings. The quantitative estimate of drug-likeness (QED) is 0.809. The SMILES string of the molecule is COC1CCCC(OCCn2cc(CN)nn2)C1. The zero-order valence-electron chi connectivity index (χ0n) is 10.9. The molecule has 0 aliphatic heterocycles. The molecule has 2 atom stereocenters. The summed E-state index contributed by atoms with van der Waals surface area (Å²) in [5.74, 6) is 0. The Labute approximate surface area is 107 Å². The molecular weight excluding hydrogens is 232 g/mol. The van der Waals surface area contributed by atoms with E-state index in [1.165, 1.54) is 6.42 Å². The van der Waals surface area contributed by atoms with Gasteiger partial charge >= 0.3 is 0 Å². The maximum absolute atomic E-state index is 5.86. The highest BCUT2D eigenvalue weighted by Gasteiger charge is 2.21. The average molecular weight is 254 g/mol. The van der Waals surface area contributed by atoms with E-state index < -0.39 is 0 Å². The number of methoxy groups -OCH3 is 1. The van der Waals surface area contributed by atoms with Crippen LogP contribution in [0.4, 0.5) is 0 Å². The van der Waals surface area contributed by atoms with Gasteiger partial charge in [0, 0.05) is 19.9 Å². The Balaban J connectivity index is 1.68. The first-order valence-corrected chi connectivity index (χ1v) is 6.55. The number of nitrogens with zero attached hydrogens (tertiary/aromatic N) is 3. The third-order valence-corrected chi connectivity index (χ3v) is 3.38. The first-order valence-electron chi connectivity index (χ1n) is 6.55. The van der Waals surface area contributed by atoms with Crippen LogP contribution in [-0.2, 0) is 22.6 Å². The van der Waals surface area contributed by atoms with Crippen LogP contribution in [0.5, 0.6) is 0 Å². The van der Waals surface area contributed by atoms with E-state index in [4.69, 9.17) is 15.2 Å². The summed E-state index contributed by atoms with van der Waals surface area (Å²) < 4.78 is 13.0. The predicted octanol–water partition coefficient (Wildman–Crippen LogP) is 0.711. The highest BCUT2D eigenvalue weighted by Crippen LogP contribution is 2.22. The number of aromatic nitrogens is 3. The highest BCUT2D eigenvalue weighted by molar-refractivity contribution is 4.90. The number of nitrogens with two attached hydrogens (primary N) is 1. The molecule has 1 heterocycles. The van der Waals surface area contributed by atoms with Crippen LogP contribution >= 0.6 is 0 Å². The van der Waals surface area contributed by atoms with E-state index in [2.05, 4.69) is 10.3 Å². The number of rotatable bonds is 6. The van der Waals surface area contributed by atoms with Gasteiger partial charge < -0.3 is 15.2 Å². The van der Waals surface area contributed by atoms with E-state index in [1.54, 1.807) is 11.8 Å². The summed E-state index contributed by atoms with van der Waals surface area (Å²) in [4.78, 5) is 0. The van der Waals surface area contributed by atoms with Gasteiger partial charge in [0.25, 0.3) is 0 Å². The van der Waals surface area contributed by atoms with Crippen LogP contribution in [0.25, 0.3) is 0 Å². The van der Waals surface area contributed by atoms with Gasteiger partial charge in [0.15, 0.2) is 0 Å². The van der Waals surface area contributed by atoms with Crippen molar-refractivity contribution in [3.05, 3.63) is 11.9 Å². The summed E-state index contributed by atoms with van der Waals surface area (Å²) in [6.45, 7) is 1.81. The first kappa shape index (κ1) is 13.5. The van der Waals surface area contributed by atoms with Crippen molar-refractivity contribution in [2.24, 2.45) is 5.73 Å². The van der Waals surface area contributed by atoms with Crippen LogP contribution in [0.15, 0.2) is 6.20 Å². The number of hydrogen-bond donors (Lipinski definition) is 1. The van der Waals surface area contributed by atoms with Gasteiger partial charge in [0.1, 0.15) is 0 Å². The van der Waals surface area contributed by atoms with Gasteiger partial charge in [-0.1, -0.05) is 5.21 Å². The fourth-order valence-corrected chi connectivity index (χ4v) is 2.32. The minimum atomic E-state index is 0.321. The summed E-state index contributed by atoms with van der Waals surface area (Å²) in [5.41, 5.74) is 6.29. The van der Waals surface area contributed by atoms with Gasteiger partial charge in [-0.05, 0) is 25.7 Å². The van der Waals surface area contributed by atoms with Gasteiger partial charge in [-0.3, -0.25) is 0 Å². The monoisotopic (exact) mass is 254 g/mol. The first-order chi connectivity index (χ1) is 8.81. The van der Waals surface area contributed by atoms with Gasteiger partial charge in [0.2, 0.25) is 0 Å². The average Bonchev–Trinajstić information content (AvgIpc) is 2.87. The molecule has 0 saturated heterocycles. The molecule has 1 fully saturated rings. The van der Waals surface area contributed by atoms with Crippen molar-refractivity contribution in [2.45, 2.75) is 51.0 Å². The Hall–Kier alpha value is -0.980. The molecule has 2 N–H and O–H groups in total. The second-order valence-corrected chi connectivity index (χ2v) is 4.69. The molecule has 18 heavy (non-hydrogen) atoms. The topological polar surface area (TPSA) is 75.2 Å². The molecule has 102 valence electrons. The van der Waals surface area contributed by atoms with Crippen molar-refractivity contribution in [1.82, 2.24) is 15.0 Å². The van der Waals surface area contributed by atoms with Crippen molar-refractivity contribution in [1.29, 1.82) is 0 Å². The predicted molar refractivity (Wildman–Crippen MR) is 66.9 cm³/mol. The highest BCUT2D eigenvalue weighted by atomic mass is 16.5. The maximum Gasteiger partial charge on any atom is 0.0962 e. The van der Waals surface area contributed by atoms with Gasteiger partial charge in [-0.2, -0.15) is 0 Å². The number of ether oxygens (including phenoxy) is 2. The summed E-state index contributed by atoms with van der Waals surface area (Å²) in [6.07, 6.45) is 7.01. The Morgan fingerprint density at radius 2 is 2.28 bits per heavy atom. The van der Waals surface area contributed by atoms with Crippen LogP contribution in [-0.4, -0.2) is 40.9 Å². The van der Waals surface area contributed by atoms with Crippen molar-refractivity contribution in [2.75, 3.05) is 13.7 Å². The van der Waals surface area contributed by atoms with E-state index in [-0.39, 0.29) is 0 Å². The van der Waals surface area contributed by atoms with Crippen molar-refractivity contribution < 1.29 is 9.47 Å². The molecule has 1 aliphatic carbocycles. The fourth-order valence-electron chi connectivity index (χ4n) is 2.32. The molecule has 6 nitrogen and oxygen atoms in total. The Morgan fingerprint density at radius 3 is 3.00 bits per heavy atom. The van der Waals surface area contributed by atoms with Crippen molar-refractivity contribution in [3.8, 4) is 0 Å². The molecule has 0 aromatic carbocycles. The Kier molecular flexibility index (Phi) is 5.10. The second-order valence-electron chi connectivity index (χ2n) is 4.69. The van der Waals surface area contributed by atoms with Crippen LogP contribution in [0, 0.1) is 0 Å². The molecular formula is C12H22N4O2. The summed E-state index contributed by atoms with van der Waals surface area (Å²) in [6, 6.07) is 0. The molecule has 1 aromatic heterocycles. The maximum atomic E-state index is 5.86. The molecule has 0 bridgehead atoms. The standard InChI is InChI=1S/C12H22N4O2/c1-17-11-3-2-4-12(7-11)18-6-5-16-9-10(8-13)14-15-16/h9,11-12H,2-8,13H2,1H3. The Bertz CT molecular complexity index is 356. The van der Waals surface area contributed by atoms with E-state index in [1.807, 2.05) is 6.20 Å². The van der Waals surface area contributed by atoms with Gasteiger partial charge in [0.05, 0.1) is 31.1 Å². The zero-order chi connectivity index (χ0) is 12.8.